The van der Waals surface area contributed by atoms with Gasteiger partial charge in [-0.15, -0.1) is 35.5 Å². The molecule has 9 heteroatoms. The number of aromatic nitrogens is 2. The maximum absolute atomic E-state index is 12.4. The van der Waals surface area contributed by atoms with Crippen LogP contribution in [0.1, 0.15) is 43.5 Å². The molecule has 2 unspecified atom stereocenters. The van der Waals surface area contributed by atoms with Gasteiger partial charge in [0, 0.05) is 17.5 Å². The minimum absolute atomic E-state index is 0. The number of amides is 1. The third-order valence-corrected chi connectivity index (χ3v) is 6.57. The summed E-state index contributed by atoms with van der Waals surface area (Å²) in [5, 5.41) is 3.44. The molecular formula is C18H29ClN4O2S2. The van der Waals surface area contributed by atoms with Crippen LogP contribution in [-0.4, -0.2) is 33.7 Å². The molecule has 152 valence electrons. The van der Waals surface area contributed by atoms with Crippen molar-refractivity contribution >= 4 is 51.6 Å². The third kappa shape index (κ3) is 6.20. The fourth-order valence-corrected chi connectivity index (χ4v) is 4.56. The second-order valence-corrected chi connectivity index (χ2v) is 9.53. The van der Waals surface area contributed by atoms with Crippen LogP contribution in [0, 0.1) is 19.8 Å². The summed E-state index contributed by atoms with van der Waals surface area (Å²) in [7, 11) is 0. The Bertz CT molecular complexity index is 835. The van der Waals surface area contributed by atoms with Crippen LogP contribution < -0.4 is 16.6 Å². The molecule has 2 aromatic heterocycles. The van der Waals surface area contributed by atoms with Crippen LogP contribution in [0.25, 0.3) is 10.2 Å². The van der Waals surface area contributed by atoms with Gasteiger partial charge in [-0.05, 0) is 38.7 Å². The number of carbonyl (C=O) groups is 1. The number of fused-ring (bicyclic) bond motifs is 1. The second kappa shape index (κ2) is 10.5. The van der Waals surface area contributed by atoms with E-state index in [2.05, 4.69) is 29.1 Å². The Morgan fingerprint density at radius 1 is 1.33 bits per heavy atom. The van der Waals surface area contributed by atoms with Gasteiger partial charge in [0.2, 0.25) is 5.91 Å². The van der Waals surface area contributed by atoms with Gasteiger partial charge >= 0.3 is 0 Å². The minimum atomic E-state index is -0.246. The first-order valence-corrected chi connectivity index (χ1v) is 10.7. The molecule has 0 aliphatic carbocycles. The van der Waals surface area contributed by atoms with Crippen LogP contribution in [0.15, 0.2) is 4.79 Å². The Kier molecular flexibility index (Phi) is 9.27. The highest BCUT2D eigenvalue weighted by atomic mass is 35.5. The Hall–Kier alpha value is -1.09. The van der Waals surface area contributed by atoms with E-state index in [1.165, 1.54) is 23.1 Å². The van der Waals surface area contributed by atoms with Crippen LogP contribution in [-0.2, 0) is 10.5 Å². The molecule has 2 atom stereocenters. The molecule has 0 spiro atoms. The summed E-state index contributed by atoms with van der Waals surface area (Å²) in [5.74, 6) is 1.53. The van der Waals surface area contributed by atoms with Crippen molar-refractivity contribution < 1.29 is 4.79 Å². The predicted octanol–water partition coefficient (Wildman–Crippen LogP) is 3.13. The smallest absolute Gasteiger partial charge is 0.259 e. The number of rotatable bonds is 8. The second-order valence-electron chi connectivity index (χ2n) is 7.00. The summed E-state index contributed by atoms with van der Waals surface area (Å²) >= 11 is 2.99. The van der Waals surface area contributed by atoms with Gasteiger partial charge in [0.1, 0.15) is 10.7 Å². The molecule has 1 amide bonds. The summed E-state index contributed by atoms with van der Waals surface area (Å²) in [4.78, 5) is 33.9. The van der Waals surface area contributed by atoms with E-state index in [1.54, 1.807) is 0 Å². The van der Waals surface area contributed by atoms with E-state index in [0.717, 1.165) is 21.7 Å². The molecule has 0 aliphatic rings. The third-order valence-electron chi connectivity index (χ3n) is 4.31. The molecule has 2 heterocycles. The predicted molar refractivity (Wildman–Crippen MR) is 118 cm³/mol. The van der Waals surface area contributed by atoms with Crippen molar-refractivity contribution in [3.63, 3.8) is 0 Å². The summed E-state index contributed by atoms with van der Waals surface area (Å²) < 4.78 is 0. The SMILES string of the molecule is Cc1sc2nc(CSC(C)C(=O)NC(CN)CC(C)C)[nH]c(=O)c2c1C.Cl. The van der Waals surface area contributed by atoms with E-state index in [9.17, 15) is 9.59 Å². The average Bonchev–Trinajstić information content (AvgIpc) is 2.86. The van der Waals surface area contributed by atoms with E-state index in [4.69, 9.17) is 5.73 Å². The van der Waals surface area contributed by atoms with Crippen molar-refractivity contribution in [1.29, 1.82) is 0 Å². The van der Waals surface area contributed by atoms with Gasteiger partial charge in [0.25, 0.3) is 5.56 Å². The van der Waals surface area contributed by atoms with Gasteiger partial charge in [-0.1, -0.05) is 13.8 Å². The Morgan fingerprint density at radius 2 is 2.00 bits per heavy atom. The molecule has 2 rings (SSSR count). The zero-order valence-corrected chi connectivity index (χ0v) is 18.9. The number of hydrogen-bond donors (Lipinski definition) is 3. The number of aromatic amines is 1. The van der Waals surface area contributed by atoms with Crippen molar-refractivity contribution in [2.75, 3.05) is 6.54 Å². The van der Waals surface area contributed by atoms with Gasteiger partial charge in [0.15, 0.2) is 0 Å². The fraction of sp³-hybridized carbons (Fsp3) is 0.611. The highest BCUT2D eigenvalue weighted by Gasteiger charge is 2.19. The number of hydrogen-bond acceptors (Lipinski definition) is 6. The van der Waals surface area contributed by atoms with Gasteiger partial charge in [0.05, 0.1) is 16.4 Å². The lowest BCUT2D eigenvalue weighted by molar-refractivity contribution is -0.121. The van der Waals surface area contributed by atoms with Crippen LogP contribution >= 0.6 is 35.5 Å². The zero-order chi connectivity index (χ0) is 19.4. The van der Waals surface area contributed by atoms with Crippen molar-refractivity contribution in [2.24, 2.45) is 11.7 Å². The normalized spacial score (nSPS) is 13.4. The number of thiophene rings is 1. The molecule has 2 aromatic rings. The van der Waals surface area contributed by atoms with E-state index in [1.807, 2.05) is 20.8 Å². The molecule has 27 heavy (non-hydrogen) atoms. The summed E-state index contributed by atoms with van der Waals surface area (Å²) in [6.45, 7) is 10.4. The van der Waals surface area contributed by atoms with E-state index < -0.39 is 0 Å². The number of thioether (sulfide) groups is 1. The molecule has 0 saturated heterocycles. The number of nitrogens with zero attached hydrogens (tertiary/aromatic N) is 1. The lowest BCUT2D eigenvalue weighted by Gasteiger charge is -2.21. The quantitative estimate of drug-likeness (QED) is 0.594. The van der Waals surface area contributed by atoms with Crippen molar-refractivity contribution in [2.45, 2.75) is 58.1 Å². The van der Waals surface area contributed by atoms with Crippen LogP contribution in [0.5, 0.6) is 0 Å². The van der Waals surface area contributed by atoms with Gasteiger partial charge in [-0.2, -0.15) is 0 Å². The van der Waals surface area contributed by atoms with Crippen molar-refractivity contribution in [3.05, 3.63) is 26.6 Å². The van der Waals surface area contributed by atoms with E-state index >= 15 is 0 Å². The maximum Gasteiger partial charge on any atom is 0.259 e. The topological polar surface area (TPSA) is 101 Å². The Morgan fingerprint density at radius 3 is 2.59 bits per heavy atom. The molecular weight excluding hydrogens is 404 g/mol. The summed E-state index contributed by atoms with van der Waals surface area (Å²) in [6, 6.07) is -0.00287. The first-order chi connectivity index (χ1) is 12.2. The Balaban J connectivity index is 0.00000364. The monoisotopic (exact) mass is 432 g/mol. The molecule has 0 saturated carbocycles. The Labute approximate surface area is 174 Å². The lowest BCUT2D eigenvalue weighted by atomic mass is 10.0. The van der Waals surface area contributed by atoms with Gasteiger partial charge < -0.3 is 16.0 Å². The molecule has 0 bridgehead atoms. The number of nitrogens with one attached hydrogen (secondary N) is 2. The molecule has 0 aliphatic heterocycles. The maximum atomic E-state index is 12.4. The first-order valence-electron chi connectivity index (χ1n) is 8.83. The number of aryl methyl sites for hydroxylation is 2. The van der Waals surface area contributed by atoms with Crippen molar-refractivity contribution in [1.82, 2.24) is 15.3 Å². The van der Waals surface area contributed by atoms with Gasteiger partial charge in [-0.3, -0.25) is 9.59 Å². The highest BCUT2D eigenvalue weighted by molar-refractivity contribution is 7.99. The van der Waals surface area contributed by atoms with E-state index in [-0.39, 0.29) is 35.2 Å². The van der Waals surface area contributed by atoms with Crippen molar-refractivity contribution in [3.8, 4) is 0 Å². The van der Waals surface area contributed by atoms with Crippen LogP contribution in [0.2, 0.25) is 0 Å². The average molecular weight is 433 g/mol. The first kappa shape index (κ1) is 23.9. The molecule has 4 N–H and O–H groups in total. The standard InChI is InChI=1S/C18H28N4O2S2.ClH/c1-9(2)6-13(7-19)20-16(23)12(5)25-8-14-21-17(24)15-10(3)11(4)26-18(15)22-14;/h9,12-13H,6-8,19H2,1-5H3,(H,20,23)(H,21,22,24);1H. The number of H-pyrrole nitrogens is 1. The summed E-state index contributed by atoms with van der Waals surface area (Å²) in [5.41, 5.74) is 6.63. The number of nitrogens with two attached hydrogens (primary N) is 1. The molecule has 6 nitrogen and oxygen atoms in total. The fourth-order valence-electron chi connectivity index (χ4n) is 2.75. The highest BCUT2D eigenvalue weighted by Crippen LogP contribution is 2.26. The minimum Gasteiger partial charge on any atom is -0.351 e. The summed E-state index contributed by atoms with van der Waals surface area (Å²) in [6.07, 6.45) is 0.863. The van der Waals surface area contributed by atoms with E-state index in [0.29, 0.717) is 29.4 Å². The molecule has 0 aromatic carbocycles. The number of halogens is 1. The largest absolute Gasteiger partial charge is 0.351 e. The molecule has 0 fully saturated rings. The van der Waals surface area contributed by atoms with Crippen LogP contribution in [0.3, 0.4) is 0 Å². The number of carbonyl (C=O) groups excluding carboxylic acids is 1. The molecule has 0 radical (unpaired) electrons. The lowest BCUT2D eigenvalue weighted by Crippen LogP contribution is -2.44. The van der Waals surface area contributed by atoms with Crippen LogP contribution in [0.4, 0.5) is 0 Å². The zero-order valence-electron chi connectivity index (χ0n) is 16.4. The van der Waals surface area contributed by atoms with Gasteiger partial charge in [-0.25, -0.2) is 4.98 Å².